The second kappa shape index (κ2) is 3.26. The number of hydrogen-bond acceptors (Lipinski definition) is 3. The van der Waals surface area contributed by atoms with Gasteiger partial charge in [-0.1, -0.05) is 6.07 Å². The Labute approximate surface area is 77.3 Å². The van der Waals surface area contributed by atoms with E-state index in [2.05, 4.69) is 5.32 Å². The summed E-state index contributed by atoms with van der Waals surface area (Å²) >= 11 is 0. The summed E-state index contributed by atoms with van der Waals surface area (Å²) in [6.45, 7) is 4.06. The van der Waals surface area contributed by atoms with Crippen molar-refractivity contribution in [2.45, 2.75) is 13.5 Å². The van der Waals surface area contributed by atoms with E-state index in [1.54, 1.807) is 0 Å². The van der Waals surface area contributed by atoms with Gasteiger partial charge in [-0.25, -0.2) is 0 Å². The Hall–Kier alpha value is -1.22. The Kier molecular flexibility index (Phi) is 2.10. The minimum atomic E-state index is 0.354. The maximum absolute atomic E-state index is 9.75. The number of rotatable bonds is 0. The highest BCUT2D eigenvalue weighted by Crippen LogP contribution is 2.31. The molecule has 2 rings (SSSR count). The highest BCUT2D eigenvalue weighted by Gasteiger charge is 2.13. The SMILES string of the molecule is Cc1ccc2c(c1O)CNCCO2. The van der Waals surface area contributed by atoms with Crippen LogP contribution in [0.1, 0.15) is 11.1 Å². The molecule has 1 aliphatic rings. The lowest BCUT2D eigenvalue weighted by Gasteiger charge is -2.09. The average Bonchev–Trinajstić information content (AvgIpc) is 2.36. The van der Waals surface area contributed by atoms with Gasteiger partial charge in [-0.3, -0.25) is 0 Å². The predicted molar refractivity (Wildman–Crippen MR) is 50.0 cm³/mol. The number of aryl methyl sites for hydroxylation is 1. The number of hydrogen-bond donors (Lipinski definition) is 2. The van der Waals surface area contributed by atoms with Crippen LogP contribution >= 0.6 is 0 Å². The van der Waals surface area contributed by atoms with Gasteiger partial charge in [0.25, 0.3) is 0 Å². The fraction of sp³-hybridized carbons (Fsp3) is 0.400. The molecule has 0 fully saturated rings. The quantitative estimate of drug-likeness (QED) is 0.628. The van der Waals surface area contributed by atoms with Gasteiger partial charge in [0.2, 0.25) is 0 Å². The van der Waals surface area contributed by atoms with E-state index in [1.165, 1.54) is 0 Å². The Morgan fingerprint density at radius 1 is 1.46 bits per heavy atom. The van der Waals surface area contributed by atoms with Crippen molar-refractivity contribution in [3.8, 4) is 11.5 Å². The molecule has 0 aliphatic carbocycles. The van der Waals surface area contributed by atoms with Crippen molar-refractivity contribution in [2.24, 2.45) is 0 Å². The number of ether oxygens (including phenoxy) is 1. The molecule has 0 radical (unpaired) electrons. The summed E-state index contributed by atoms with van der Waals surface area (Å²) in [5, 5.41) is 12.9. The van der Waals surface area contributed by atoms with Gasteiger partial charge in [0.05, 0.1) is 0 Å². The van der Waals surface area contributed by atoms with Crippen LogP contribution in [0.3, 0.4) is 0 Å². The number of fused-ring (bicyclic) bond motifs is 1. The van der Waals surface area contributed by atoms with Gasteiger partial charge >= 0.3 is 0 Å². The van der Waals surface area contributed by atoms with E-state index in [4.69, 9.17) is 4.74 Å². The summed E-state index contributed by atoms with van der Waals surface area (Å²) in [6.07, 6.45) is 0. The molecule has 70 valence electrons. The molecule has 0 amide bonds. The van der Waals surface area contributed by atoms with Crippen molar-refractivity contribution in [3.63, 3.8) is 0 Å². The van der Waals surface area contributed by atoms with E-state index in [0.717, 1.165) is 23.4 Å². The maximum Gasteiger partial charge on any atom is 0.127 e. The van der Waals surface area contributed by atoms with E-state index < -0.39 is 0 Å². The molecule has 13 heavy (non-hydrogen) atoms. The van der Waals surface area contributed by atoms with Crippen LogP contribution in [0.5, 0.6) is 11.5 Å². The highest BCUT2D eigenvalue weighted by molar-refractivity contribution is 5.48. The predicted octanol–water partition coefficient (Wildman–Crippen LogP) is 1.18. The highest BCUT2D eigenvalue weighted by atomic mass is 16.5. The second-order valence-electron chi connectivity index (χ2n) is 3.23. The number of nitrogens with one attached hydrogen (secondary N) is 1. The Balaban J connectivity index is 2.48. The first kappa shape index (κ1) is 8.38. The Morgan fingerprint density at radius 3 is 3.15 bits per heavy atom. The average molecular weight is 179 g/mol. The fourth-order valence-corrected chi connectivity index (χ4v) is 1.49. The van der Waals surface area contributed by atoms with Gasteiger partial charge in [-0.2, -0.15) is 0 Å². The van der Waals surface area contributed by atoms with Crippen molar-refractivity contribution in [2.75, 3.05) is 13.2 Å². The Bertz CT molecular complexity index is 323. The molecule has 0 unspecified atom stereocenters. The van der Waals surface area contributed by atoms with Gasteiger partial charge in [0, 0.05) is 18.7 Å². The molecule has 0 bridgehead atoms. The summed E-state index contributed by atoms with van der Waals surface area (Å²) in [5.74, 6) is 1.15. The fourth-order valence-electron chi connectivity index (χ4n) is 1.49. The molecule has 1 aromatic carbocycles. The topological polar surface area (TPSA) is 41.5 Å². The zero-order chi connectivity index (χ0) is 9.26. The standard InChI is InChI=1S/C10H13NO2/c1-7-2-3-9-8(10(7)12)6-11-4-5-13-9/h2-3,11-12H,4-6H2,1H3. The van der Waals surface area contributed by atoms with Crippen LogP contribution in [-0.4, -0.2) is 18.3 Å². The normalized spacial score (nSPS) is 15.8. The van der Waals surface area contributed by atoms with Gasteiger partial charge in [-0.05, 0) is 18.6 Å². The lowest BCUT2D eigenvalue weighted by Crippen LogP contribution is -2.16. The van der Waals surface area contributed by atoms with E-state index in [-0.39, 0.29) is 0 Å². The van der Waals surface area contributed by atoms with Crippen LogP contribution in [0.15, 0.2) is 12.1 Å². The molecule has 0 saturated heterocycles. The lowest BCUT2D eigenvalue weighted by molar-refractivity contribution is 0.324. The number of benzene rings is 1. The van der Waals surface area contributed by atoms with Gasteiger partial charge in [0.15, 0.2) is 0 Å². The molecule has 2 N–H and O–H groups in total. The van der Waals surface area contributed by atoms with Crippen molar-refractivity contribution < 1.29 is 9.84 Å². The third-order valence-corrected chi connectivity index (χ3v) is 2.28. The molecule has 0 atom stereocenters. The monoisotopic (exact) mass is 179 g/mol. The molecular formula is C10H13NO2. The second-order valence-corrected chi connectivity index (χ2v) is 3.23. The molecule has 1 aromatic rings. The number of phenolic OH excluding ortho intramolecular Hbond substituents is 1. The lowest BCUT2D eigenvalue weighted by atomic mass is 10.1. The van der Waals surface area contributed by atoms with Gasteiger partial charge < -0.3 is 15.2 Å². The summed E-state index contributed by atoms with van der Waals surface area (Å²) in [4.78, 5) is 0. The zero-order valence-electron chi connectivity index (χ0n) is 7.63. The smallest absolute Gasteiger partial charge is 0.127 e. The van der Waals surface area contributed by atoms with E-state index in [1.807, 2.05) is 19.1 Å². The van der Waals surface area contributed by atoms with Crippen molar-refractivity contribution >= 4 is 0 Å². The first-order chi connectivity index (χ1) is 6.29. The first-order valence-electron chi connectivity index (χ1n) is 4.44. The van der Waals surface area contributed by atoms with Crippen molar-refractivity contribution in [1.29, 1.82) is 0 Å². The largest absolute Gasteiger partial charge is 0.507 e. The first-order valence-corrected chi connectivity index (χ1v) is 4.44. The third kappa shape index (κ3) is 1.47. The minimum Gasteiger partial charge on any atom is -0.507 e. The number of aromatic hydroxyl groups is 1. The molecule has 0 spiro atoms. The van der Waals surface area contributed by atoms with Crippen molar-refractivity contribution in [3.05, 3.63) is 23.3 Å². The molecule has 3 heteroatoms. The van der Waals surface area contributed by atoms with Crippen LogP contribution in [0, 0.1) is 6.92 Å². The van der Waals surface area contributed by atoms with Crippen LogP contribution in [0.25, 0.3) is 0 Å². The molecule has 1 aliphatic heterocycles. The number of phenols is 1. The van der Waals surface area contributed by atoms with Gasteiger partial charge in [-0.15, -0.1) is 0 Å². The van der Waals surface area contributed by atoms with Gasteiger partial charge in [0.1, 0.15) is 18.1 Å². The molecule has 0 aromatic heterocycles. The van der Waals surface area contributed by atoms with E-state index >= 15 is 0 Å². The summed E-state index contributed by atoms with van der Waals surface area (Å²) in [6, 6.07) is 3.79. The Morgan fingerprint density at radius 2 is 2.31 bits per heavy atom. The van der Waals surface area contributed by atoms with E-state index in [0.29, 0.717) is 18.9 Å². The summed E-state index contributed by atoms with van der Waals surface area (Å²) < 4.78 is 5.46. The maximum atomic E-state index is 9.75. The molecule has 1 heterocycles. The van der Waals surface area contributed by atoms with Crippen molar-refractivity contribution in [1.82, 2.24) is 5.32 Å². The van der Waals surface area contributed by atoms with Crippen LogP contribution in [-0.2, 0) is 6.54 Å². The third-order valence-electron chi connectivity index (χ3n) is 2.28. The van der Waals surface area contributed by atoms with Crippen LogP contribution < -0.4 is 10.1 Å². The molecular weight excluding hydrogens is 166 g/mol. The summed E-state index contributed by atoms with van der Waals surface area (Å²) in [5.41, 5.74) is 1.77. The summed E-state index contributed by atoms with van der Waals surface area (Å²) in [7, 11) is 0. The molecule has 0 saturated carbocycles. The minimum absolute atomic E-state index is 0.354. The van der Waals surface area contributed by atoms with Crippen LogP contribution in [0.2, 0.25) is 0 Å². The molecule has 3 nitrogen and oxygen atoms in total. The zero-order valence-corrected chi connectivity index (χ0v) is 7.63. The van der Waals surface area contributed by atoms with E-state index in [9.17, 15) is 5.11 Å². The van der Waals surface area contributed by atoms with Crippen LogP contribution in [0.4, 0.5) is 0 Å².